The Kier molecular flexibility index (Phi) is 28.8. The van der Waals surface area contributed by atoms with Gasteiger partial charge in [-0.1, -0.05) is 87.5 Å². The minimum Gasteiger partial charge on any atom is -0.496 e. The molecule has 12 heteroatoms. The van der Waals surface area contributed by atoms with Crippen LogP contribution >= 0.6 is 11.3 Å². The first kappa shape index (κ1) is 46.1. The maximum atomic E-state index is 13.8. The second kappa shape index (κ2) is 28.1. The van der Waals surface area contributed by atoms with Crippen molar-refractivity contribution in [3.63, 3.8) is 0 Å². The first-order valence-corrected chi connectivity index (χ1v) is 16.9. The third-order valence-electron chi connectivity index (χ3n) is 5.26. The number of aromatic nitrogens is 5. The van der Waals surface area contributed by atoms with E-state index >= 15 is 0 Å². The molecule has 10 nitrogen and oxygen atoms in total. The molecule has 3 heterocycles. The lowest BCUT2D eigenvalue weighted by Crippen LogP contribution is -2.40. The van der Waals surface area contributed by atoms with Gasteiger partial charge in [-0.25, -0.2) is 9.18 Å². The number of nitrogens with zero attached hydrogens (tertiary/aromatic N) is 5. The maximum absolute atomic E-state index is 13.8. The summed E-state index contributed by atoms with van der Waals surface area (Å²) in [5.74, 6) is 0.180. The van der Waals surface area contributed by atoms with E-state index in [4.69, 9.17) is 14.9 Å². The Morgan fingerprint density at radius 3 is 1.87 bits per heavy atom. The molecule has 0 spiro atoms. The molecule has 0 aliphatic carbocycles. The number of benzene rings is 1. The highest BCUT2D eigenvalue weighted by Crippen LogP contribution is 2.30. The van der Waals surface area contributed by atoms with Crippen LogP contribution in [0.4, 0.5) is 4.39 Å². The van der Waals surface area contributed by atoms with Gasteiger partial charge in [-0.05, 0) is 43.5 Å². The largest absolute Gasteiger partial charge is 0.496 e. The summed E-state index contributed by atoms with van der Waals surface area (Å²) in [7, 11) is 1.52. The maximum Gasteiger partial charge on any atom is 0.332 e. The minimum atomic E-state index is -0.379. The van der Waals surface area contributed by atoms with Gasteiger partial charge in [0.2, 0.25) is 0 Å². The molecule has 2 N–H and O–H groups in total. The first-order valence-electron chi connectivity index (χ1n) is 16.0. The van der Waals surface area contributed by atoms with E-state index < -0.39 is 0 Å². The summed E-state index contributed by atoms with van der Waals surface area (Å²) < 4.78 is 22.0. The normalized spacial score (nSPS) is 9.16. The van der Waals surface area contributed by atoms with E-state index in [2.05, 4.69) is 10.2 Å². The van der Waals surface area contributed by atoms with E-state index in [1.165, 1.54) is 39.9 Å². The quantitative estimate of drug-likeness (QED) is 0.209. The smallest absolute Gasteiger partial charge is 0.332 e. The third-order valence-corrected chi connectivity index (χ3v) is 6.54. The SMILES string of the molecule is CC.CC.CC.CC.CC.CCCn1c(=O)c2c(C)c(-n3nccn3)sc2n(CCc2cc(F)ccc2OC)c1=O.OCCO. The Bertz CT molecular complexity index is 1400. The van der Waals surface area contributed by atoms with Gasteiger partial charge < -0.3 is 14.9 Å². The van der Waals surface area contributed by atoms with Gasteiger partial charge in [-0.2, -0.15) is 10.2 Å². The van der Waals surface area contributed by atoms with Gasteiger partial charge in [-0.15, -0.1) is 4.80 Å². The fourth-order valence-corrected chi connectivity index (χ4v) is 4.92. The lowest BCUT2D eigenvalue weighted by Gasteiger charge is -2.13. The predicted molar refractivity (Wildman–Crippen MR) is 188 cm³/mol. The van der Waals surface area contributed by atoms with Crippen molar-refractivity contribution in [1.82, 2.24) is 24.1 Å². The van der Waals surface area contributed by atoms with Crippen molar-refractivity contribution in [3.05, 3.63) is 68.4 Å². The van der Waals surface area contributed by atoms with Gasteiger partial charge >= 0.3 is 5.69 Å². The molecule has 0 bridgehead atoms. The molecule has 0 saturated heterocycles. The molecule has 4 rings (SSSR count). The van der Waals surface area contributed by atoms with Crippen LogP contribution in [-0.2, 0) is 19.5 Å². The van der Waals surface area contributed by atoms with Crippen molar-refractivity contribution in [2.24, 2.45) is 0 Å². The molecule has 258 valence electrons. The highest BCUT2D eigenvalue weighted by atomic mass is 32.1. The standard InChI is InChI=1S/C21H22FN5O3S.C2H6O2.5C2H6/c1-4-10-25-18(28)17-13(2)19(27-23-8-9-24-27)31-20(17)26(21(25)29)11-7-14-12-15(22)5-6-16(14)30-3;3-1-2-4;5*1-2/h5-6,8-9,12H,4,7,10-11H2,1-3H3;3-4H,1-2H2;5*1-2H3. The number of rotatable bonds is 8. The van der Waals surface area contributed by atoms with Gasteiger partial charge in [0, 0.05) is 18.7 Å². The average molecular weight is 656 g/mol. The van der Waals surface area contributed by atoms with Crippen LogP contribution in [0, 0.1) is 12.7 Å². The summed E-state index contributed by atoms with van der Waals surface area (Å²) in [5.41, 5.74) is 0.686. The number of aryl methyl sites for hydroxylation is 3. The number of hydrogen-bond donors (Lipinski definition) is 2. The van der Waals surface area contributed by atoms with Gasteiger partial charge in [0.25, 0.3) is 5.56 Å². The lowest BCUT2D eigenvalue weighted by molar-refractivity contribution is 0.186. The number of methoxy groups -OCH3 is 1. The van der Waals surface area contributed by atoms with Crippen molar-refractivity contribution in [3.8, 4) is 10.8 Å². The van der Waals surface area contributed by atoms with Crippen LogP contribution in [0.5, 0.6) is 5.75 Å². The molecule has 0 aliphatic heterocycles. The Labute approximate surface area is 273 Å². The molecule has 4 aromatic rings. The molecule has 0 unspecified atom stereocenters. The number of ether oxygens (including phenoxy) is 1. The number of hydrogen-bond acceptors (Lipinski definition) is 8. The molecule has 45 heavy (non-hydrogen) atoms. The van der Waals surface area contributed by atoms with Crippen molar-refractivity contribution in [2.75, 3.05) is 20.3 Å². The molecule has 0 radical (unpaired) electrons. The second-order valence-electron chi connectivity index (χ2n) is 7.58. The number of halogens is 1. The van der Waals surface area contributed by atoms with Crippen molar-refractivity contribution in [1.29, 1.82) is 0 Å². The monoisotopic (exact) mass is 655 g/mol. The first-order chi connectivity index (χ1) is 21.9. The van der Waals surface area contributed by atoms with Gasteiger partial charge in [-0.3, -0.25) is 13.9 Å². The predicted octanol–water partition coefficient (Wildman–Crippen LogP) is 7.02. The van der Waals surface area contributed by atoms with Crippen molar-refractivity contribution in [2.45, 2.75) is 109 Å². The molecule has 0 amide bonds. The van der Waals surface area contributed by atoms with Gasteiger partial charge in [0.15, 0.2) is 0 Å². The molecule has 3 aromatic heterocycles. The Balaban J connectivity index is -0.00000110. The zero-order valence-corrected chi connectivity index (χ0v) is 30.6. The molecule has 0 saturated carbocycles. The molecule has 0 atom stereocenters. The third kappa shape index (κ3) is 13.3. The van der Waals surface area contributed by atoms with E-state index in [0.29, 0.717) is 45.9 Å². The van der Waals surface area contributed by atoms with E-state index in [-0.39, 0.29) is 36.8 Å². The van der Waals surface area contributed by atoms with Crippen LogP contribution in [0.3, 0.4) is 0 Å². The summed E-state index contributed by atoms with van der Waals surface area (Å²) in [6.45, 7) is 24.1. The summed E-state index contributed by atoms with van der Waals surface area (Å²) in [5, 5.41) is 24.8. The Morgan fingerprint density at radius 1 is 0.867 bits per heavy atom. The minimum absolute atomic E-state index is 0.125. The molecule has 0 fully saturated rings. The van der Waals surface area contributed by atoms with Gasteiger partial charge in [0.05, 0.1) is 38.1 Å². The van der Waals surface area contributed by atoms with Crippen LogP contribution in [0.15, 0.2) is 40.2 Å². The molecular formula is C33H58FN5O5S. The van der Waals surface area contributed by atoms with Crippen molar-refractivity contribution < 1.29 is 19.3 Å². The average Bonchev–Trinajstić information content (AvgIpc) is 3.76. The van der Waals surface area contributed by atoms with E-state index in [9.17, 15) is 14.0 Å². The second-order valence-corrected chi connectivity index (χ2v) is 8.55. The summed E-state index contributed by atoms with van der Waals surface area (Å²) in [6.07, 6.45) is 4.13. The highest BCUT2D eigenvalue weighted by molar-refractivity contribution is 7.21. The summed E-state index contributed by atoms with van der Waals surface area (Å²) in [6, 6.07) is 4.31. The number of aliphatic hydroxyl groups excluding tert-OH is 2. The van der Waals surface area contributed by atoms with Crippen LogP contribution in [0.2, 0.25) is 0 Å². The van der Waals surface area contributed by atoms with E-state index in [0.717, 1.165) is 5.56 Å². The molecule has 1 aromatic carbocycles. The Hall–Kier alpha value is -3.35. The fourth-order valence-electron chi connectivity index (χ4n) is 3.69. The highest BCUT2D eigenvalue weighted by Gasteiger charge is 2.21. The number of fused-ring (bicyclic) bond motifs is 1. The Morgan fingerprint density at radius 2 is 1.40 bits per heavy atom. The zero-order chi connectivity index (χ0) is 35.5. The number of aliphatic hydroxyl groups is 2. The van der Waals surface area contributed by atoms with E-state index in [1.54, 1.807) is 23.0 Å². The van der Waals surface area contributed by atoms with Crippen LogP contribution in [-0.4, -0.2) is 54.7 Å². The molecule has 0 aliphatic rings. The fraction of sp³-hybridized carbons (Fsp3) is 0.576. The number of thiophene rings is 1. The lowest BCUT2D eigenvalue weighted by atomic mass is 10.1. The zero-order valence-electron chi connectivity index (χ0n) is 29.8. The van der Waals surface area contributed by atoms with Crippen LogP contribution in [0.1, 0.15) is 93.7 Å². The van der Waals surface area contributed by atoms with Gasteiger partial charge in [0.1, 0.15) is 21.4 Å². The van der Waals surface area contributed by atoms with Crippen LogP contribution in [0.25, 0.3) is 15.2 Å². The summed E-state index contributed by atoms with van der Waals surface area (Å²) in [4.78, 5) is 28.4. The van der Waals surface area contributed by atoms with Crippen LogP contribution < -0.4 is 16.0 Å². The van der Waals surface area contributed by atoms with E-state index in [1.807, 2.05) is 83.1 Å². The summed E-state index contributed by atoms with van der Waals surface area (Å²) >= 11 is 1.29. The molecular weight excluding hydrogens is 597 g/mol. The van der Waals surface area contributed by atoms with Crippen molar-refractivity contribution >= 4 is 21.6 Å². The topological polar surface area (TPSA) is 124 Å².